The zero-order chi connectivity index (χ0) is 17.1. The summed E-state index contributed by atoms with van der Waals surface area (Å²) in [5.74, 6) is 0.935. The van der Waals surface area contributed by atoms with Gasteiger partial charge in [-0.3, -0.25) is 14.6 Å². The maximum Gasteiger partial charge on any atom is 0.100 e. The van der Waals surface area contributed by atoms with Crippen molar-refractivity contribution >= 4 is 0 Å². The summed E-state index contributed by atoms with van der Waals surface area (Å²) >= 11 is 0. The van der Waals surface area contributed by atoms with Crippen molar-refractivity contribution in [3.05, 3.63) is 41.5 Å². The molecule has 7 heteroatoms. The van der Waals surface area contributed by atoms with E-state index in [4.69, 9.17) is 9.47 Å². The highest BCUT2D eigenvalue weighted by Crippen LogP contribution is 2.28. The summed E-state index contributed by atoms with van der Waals surface area (Å²) in [6.07, 6.45) is 4.76. The molecular weight excluding hydrogens is 318 g/mol. The lowest BCUT2D eigenvalue weighted by Gasteiger charge is -2.33. The van der Waals surface area contributed by atoms with Gasteiger partial charge in [0, 0.05) is 51.6 Å². The van der Waals surface area contributed by atoms with Crippen LogP contribution in [0.15, 0.2) is 24.5 Å². The smallest absolute Gasteiger partial charge is 0.100 e. The molecule has 1 fully saturated rings. The summed E-state index contributed by atoms with van der Waals surface area (Å²) in [6, 6.07) is 3.98. The lowest BCUT2D eigenvalue weighted by Crippen LogP contribution is -2.39. The molecule has 4 rings (SSSR count). The van der Waals surface area contributed by atoms with E-state index in [0.717, 1.165) is 50.5 Å². The van der Waals surface area contributed by atoms with Crippen LogP contribution < -0.4 is 0 Å². The second kappa shape index (κ2) is 7.59. The highest BCUT2D eigenvalue weighted by molar-refractivity contribution is 5.19. The number of aryl methyl sites for hydroxylation is 1. The van der Waals surface area contributed by atoms with E-state index in [1.54, 1.807) is 12.4 Å². The molecule has 25 heavy (non-hydrogen) atoms. The molecule has 0 amide bonds. The molecule has 2 atom stereocenters. The number of aromatic nitrogens is 4. The summed E-state index contributed by atoms with van der Waals surface area (Å²) in [7, 11) is 1.97. The van der Waals surface area contributed by atoms with Crippen LogP contribution in [0.2, 0.25) is 0 Å². The predicted octanol–water partition coefficient (Wildman–Crippen LogP) is 1.36. The SMILES string of the molecule is Cn1nnc2c1[C@H](COCc1ccncc1)CN(C[C@@H]1CCOC1)C2. The van der Waals surface area contributed by atoms with E-state index < -0.39 is 0 Å². The Morgan fingerprint density at radius 2 is 2.20 bits per heavy atom. The van der Waals surface area contributed by atoms with E-state index in [-0.39, 0.29) is 0 Å². The van der Waals surface area contributed by atoms with Gasteiger partial charge >= 0.3 is 0 Å². The Morgan fingerprint density at radius 3 is 3.00 bits per heavy atom. The van der Waals surface area contributed by atoms with Gasteiger partial charge in [-0.1, -0.05) is 5.21 Å². The Balaban J connectivity index is 1.40. The number of rotatable bonds is 6. The first kappa shape index (κ1) is 16.6. The van der Waals surface area contributed by atoms with Gasteiger partial charge in [0.05, 0.1) is 25.5 Å². The van der Waals surface area contributed by atoms with Crippen LogP contribution in [0.5, 0.6) is 0 Å². The summed E-state index contributed by atoms with van der Waals surface area (Å²) in [4.78, 5) is 6.53. The van der Waals surface area contributed by atoms with E-state index in [0.29, 0.717) is 25.0 Å². The average Bonchev–Trinajstić information content (AvgIpc) is 3.26. The zero-order valence-electron chi connectivity index (χ0n) is 14.7. The van der Waals surface area contributed by atoms with Gasteiger partial charge in [0.15, 0.2) is 0 Å². The van der Waals surface area contributed by atoms with Crippen LogP contribution in [-0.4, -0.2) is 57.8 Å². The lowest BCUT2D eigenvalue weighted by molar-refractivity contribution is 0.0794. The zero-order valence-corrected chi connectivity index (χ0v) is 14.7. The van der Waals surface area contributed by atoms with Crippen molar-refractivity contribution in [2.45, 2.75) is 25.5 Å². The molecule has 0 radical (unpaired) electrons. The first-order chi connectivity index (χ1) is 12.3. The number of fused-ring (bicyclic) bond motifs is 1. The summed E-state index contributed by atoms with van der Waals surface area (Å²) < 4.78 is 13.4. The fourth-order valence-electron chi connectivity index (χ4n) is 3.86. The lowest BCUT2D eigenvalue weighted by atomic mass is 9.97. The van der Waals surface area contributed by atoms with Crippen molar-refractivity contribution in [3.63, 3.8) is 0 Å². The molecule has 0 N–H and O–H groups in total. The van der Waals surface area contributed by atoms with Gasteiger partial charge in [0.2, 0.25) is 0 Å². The molecule has 0 saturated carbocycles. The van der Waals surface area contributed by atoms with E-state index >= 15 is 0 Å². The molecule has 7 nitrogen and oxygen atoms in total. The fourth-order valence-corrected chi connectivity index (χ4v) is 3.86. The van der Waals surface area contributed by atoms with Crippen LogP contribution >= 0.6 is 0 Å². The van der Waals surface area contributed by atoms with Crippen LogP contribution in [0.25, 0.3) is 0 Å². The Kier molecular flexibility index (Phi) is 5.05. The standard InChI is InChI=1S/C18H25N5O2/c1-22-18-16(13-25-11-14-2-5-19-6-3-14)9-23(10-17(18)20-21-22)8-15-4-7-24-12-15/h2-3,5-6,15-16H,4,7-13H2,1H3/t15-,16-/m0/s1. The monoisotopic (exact) mass is 343 g/mol. The van der Waals surface area contributed by atoms with E-state index in [2.05, 4.69) is 20.2 Å². The van der Waals surface area contributed by atoms with Crippen molar-refractivity contribution in [2.75, 3.05) is 32.9 Å². The molecule has 1 saturated heterocycles. The molecule has 0 unspecified atom stereocenters. The Hall–Kier alpha value is -1.83. The van der Waals surface area contributed by atoms with Crippen molar-refractivity contribution in [1.29, 1.82) is 0 Å². The molecule has 2 aliphatic heterocycles. The van der Waals surface area contributed by atoms with Gasteiger partial charge < -0.3 is 9.47 Å². The largest absolute Gasteiger partial charge is 0.381 e. The third kappa shape index (κ3) is 3.89. The van der Waals surface area contributed by atoms with Gasteiger partial charge in [0.1, 0.15) is 5.69 Å². The Labute approximate surface area is 147 Å². The molecule has 4 heterocycles. The average molecular weight is 343 g/mol. The molecule has 0 bridgehead atoms. The van der Waals surface area contributed by atoms with Crippen molar-refractivity contribution in [2.24, 2.45) is 13.0 Å². The van der Waals surface area contributed by atoms with E-state index in [1.807, 2.05) is 23.9 Å². The Bertz CT molecular complexity index is 684. The first-order valence-electron chi connectivity index (χ1n) is 8.95. The van der Waals surface area contributed by atoms with Crippen molar-refractivity contribution in [3.8, 4) is 0 Å². The predicted molar refractivity (Wildman–Crippen MR) is 91.8 cm³/mol. The van der Waals surface area contributed by atoms with E-state index in [9.17, 15) is 0 Å². The van der Waals surface area contributed by atoms with Gasteiger partial charge in [0.25, 0.3) is 0 Å². The third-order valence-electron chi connectivity index (χ3n) is 5.06. The maximum atomic E-state index is 6.01. The molecule has 2 aromatic heterocycles. The number of ether oxygens (including phenoxy) is 2. The molecule has 2 aromatic rings. The minimum Gasteiger partial charge on any atom is -0.381 e. The quantitative estimate of drug-likeness (QED) is 0.789. The van der Waals surface area contributed by atoms with E-state index in [1.165, 1.54) is 5.69 Å². The minimum atomic E-state index is 0.299. The van der Waals surface area contributed by atoms with Gasteiger partial charge in [-0.05, 0) is 30.0 Å². The first-order valence-corrected chi connectivity index (χ1v) is 8.95. The van der Waals surface area contributed by atoms with Crippen LogP contribution in [0.3, 0.4) is 0 Å². The maximum absolute atomic E-state index is 6.01. The Morgan fingerprint density at radius 1 is 1.32 bits per heavy atom. The summed E-state index contributed by atoms with van der Waals surface area (Å²) in [5.41, 5.74) is 3.45. The second-order valence-corrected chi connectivity index (χ2v) is 7.04. The molecule has 2 aliphatic rings. The van der Waals surface area contributed by atoms with Gasteiger partial charge in [-0.25, -0.2) is 0 Å². The number of pyridine rings is 1. The van der Waals surface area contributed by atoms with Crippen molar-refractivity contribution in [1.82, 2.24) is 24.9 Å². The molecular formula is C18H25N5O2. The highest BCUT2D eigenvalue weighted by Gasteiger charge is 2.31. The van der Waals surface area contributed by atoms with Crippen LogP contribution in [0.1, 0.15) is 29.3 Å². The molecule has 0 aromatic carbocycles. The second-order valence-electron chi connectivity index (χ2n) is 7.04. The van der Waals surface area contributed by atoms with Crippen LogP contribution in [-0.2, 0) is 29.7 Å². The minimum absolute atomic E-state index is 0.299. The highest BCUT2D eigenvalue weighted by atomic mass is 16.5. The molecule has 0 spiro atoms. The molecule has 134 valence electrons. The number of hydrogen-bond donors (Lipinski definition) is 0. The summed E-state index contributed by atoms with van der Waals surface area (Å²) in [6.45, 7) is 5.99. The normalized spacial score (nSPS) is 23.7. The number of nitrogens with zero attached hydrogens (tertiary/aromatic N) is 5. The van der Waals surface area contributed by atoms with Gasteiger partial charge in [-0.2, -0.15) is 0 Å². The van der Waals surface area contributed by atoms with Gasteiger partial charge in [-0.15, -0.1) is 5.10 Å². The molecule has 0 aliphatic carbocycles. The van der Waals surface area contributed by atoms with Crippen LogP contribution in [0, 0.1) is 5.92 Å². The van der Waals surface area contributed by atoms with Crippen LogP contribution in [0.4, 0.5) is 0 Å². The topological polar surface area (TPSA) is 65.3 Å². The third-order valence-corrected chi connectivity index (χ3v) is 5.06. The fraction of sp³-hybridized carbons (Fsp3) is 0.611. The number of hydrogen-bond acceptors (Lipinski definition) is 6. The van der Waals surface area contributed by atoms with Crippen molar-refractivity contribution < 1.29 is 9.47 Å². The summed E-state index contributed by atoms with van der Waals surface area (Å²) in [5, 5.41) is 8.61.